The molecule has 0 aromatic heterocycles. The summed E-state index contributed by atoms with van der Waals surface area (Å²) < 4.78 is 0. The molecule has 156 valence electrons. The number of hydrogen-bond acceptors (Lipinski definition) is 6. The zero-order valence-electron chi connectivity index (χ0n) is 17.0. The first-order valence-corrected chi connectivity index (χ1v) is 9.45. The highest BCUT2D eigenvalue weighted by Gasteiger charge is 2.46. The van der Waals surface area contributed by atoms with Gasteiger partial charge in [0.25, 0.3) is 17.4 Å². The molecule has 1 atom stereocenters. The van der Waals surface area contributed by atoms with E-state index in [9.17, 15) is 24.8 Å². The zero-order chi connectivity index (χ0) is 22.0. The van der Waals surface area contributed by atoms with E-state index in [0.29, 0.717) is 17.7 Å². The first kappa shape index (κ1) is 21.2. The summed E-state index contributed by atoms with van der Waals surface area (Å²) in [5.41, 5.74) is 1.56. The summed E-state index contributed by atoms with van der Waals surface area (Å²) in [7, 11) is 3.68. The van der Waals surface area contributed by atoms with E-state index in [0.717, 1.165) is 5.56 Å². The van der Waals surface area contributed by atoms with Crippen LogP contribution in [0, 0.1) is 17.0 Å². The number of aryl methyl sites for hydroxylation is 1. The van der Waals surface area contributed by atoms with Gasteiger partial charge in [0.1, 0.15) is 5.76 Å². The lowest BCUT2D eigenvalue weighted by atomic mass is 9.94. The molecular formula is C22H23N3O5. The predicted molar refractivity (Wildman–Crippen MR) is 112 cm³/mol. The van der Waals surface area contributed by atoms with E-state index >= 15 is 0 Å². The highest BCUT2D eigenvalue weighted by molar-refractivity contribution is 6.46. The topological polar surface area (TPSA) is 104 Å². The van der Waals surface area contributed by atoms with Crippen molar-refractivity contribution in [2.24, 2.45) is 0 Å². The number of likely N-dealkylation sites (tertiary alicyclic amines) is 1. The van der Waals surface area contributed by atoms with Gasteiger partial charge >= 0.3 is 0 Å². The molecule has 8 nitrogen and oxygen atoms in total. The van der Waals surface area contributed by atoms with Gasteiger partial charge in [-0.3, -0.25) is 19.7 Å². The molecule has 2 aromatic carbocycles. The number of carbonyl (C=O) groups excluding carboxylic acids is 2. The molecule has 1 fully saturated rings. The summed E-state index contributed by atoms with van der Waals surface area (Å²) in [5, 5.41) is 22.2. The molecular weight excluding hydrogens is 386 g/mol. The molecule has 0 unspecified atom stereocenters. The number of nitro benzene ring substituents is 1. The Labute approximate surface area is 174 Å². The largest absolute Gasteiger partial charge is 0.507 e. The summed E-state index contributed by atoms with van der Waals surface area (Å²) in [5.74, 6) is -1.83. The molecule has 1 heterocycles. The number of aliphatic hydroxyl groups excluding tert-OH is 1. The van der Waals surface area contributed by atoms with Gasteiger partial charge in [-0.05, 0) is 26.6 Å². The first-order valence-electron chi connectivity index (χ1n) is 9.45. The Morgan fingerprint density at radius 3 is 2.43 bits per heavy atom. The fourth-order valence-corrected chi connectivity index (χ4v) is 3.44. The number of rotatable bonds is 6. The Morgan fingerprint density at radius 1 is 1.17 bits per heavy atom. The Bertz CT molecular complexity index is 1030. The van der Waals surface area contributed by atoms with Gasteiger partial charge in [0.2, 0.25) is 0 Å². The number of nitrogens with zero attached hydrogens (tertiary/aromatic N) is 3. The van der Waals surface area contributed by atoms with E-state index < -0.39 is 22.7 Å². The monoisotopic (exact) mass is 409 g/mol. The van der Waals surface area contributed by atoms with Gasteiger partial charge in [0.05, 0.1) is 16.5 Å². The number of Topliss-reactive ketones (excluding diaryl/α,β-unsaturated/α-hetero) is 1. The highest BCUT2D eigenvalue weighted by atomic mass is 16.6. The molecule has 0 spiro atoms. The molecule has 1 aliphatic heterocycles. The van der Waals surface area contributed by atoms with Crippen LogP contribution in [0.4, 0.5) is 5.69 Å². The number of likely N-dealkylation sites (N-methyl/N-ethyl adjacent to an activating group) is 1. The van der Waals surface area contributed by atoms with Crippen LogP contribution in [0.2, 0.25) is 0 Å². The van der Waals surface area contributed by atoms with Crippen molar-refractivity contribution in [3.63, 3.8) is 0 Å². The molecule has 1 saturated heterocycles. The summed E-state index contributed by atoms with van der Waals surface area (Å²) in [6, 6.07) is 11.8. The molecule has 0 bridgehead atoms. The minimum atomic E-state index is -0.911. The van der Waals surface area contributed by atoms with E-state index in [1.54, 1.807) is 30.3 Å². The molecule has 0 saturated carbocycles. The number of benzene rings is 2. The number of non-ortho nitro benzene ring substituents is 1. The quantitative estimate of drug-likeness (QED) is 0.259. The van der Waals surface area contributed by atoms with Crippen LogP contribution in [0.15, 0.2) is 54.1 Å². The van der Waals surface area contributed by atoms with E-state index in [4.69, 9.17) is 0 Å². The van der Waals surface area contributed by atoms with Crippen LogP contribution in [0.5, 0.6) is 0 Å². The van der Waals surface area contributed by atoms with Gasteiger partial charge in [-0.15, -0.1) is 0 Å². The van der Waals surface area contributed by atoms with Crippen LogP contribution in [-0.4, -0.2) is 58.7 Å². The molecule has 3 rings (SSSR count). The summed E-state index contributed by atoms with van der Waals surface area (Å²) in [4.78, 5) is 39.6. The van der Waals surface area contributed by atoms with Crippen LogP contribution in [0.25, 0.3) is 5.76 Å². The summed E-state index contributed by atoms with van der Waals surface area (Å²) in [6.45, 7) is 2.62. The van der Waals surface area contributed by atoms with Crippen LogP contribution in [-0.2, 0) is 9.59 Å². The van der Waals surface area contributed by atoms with Crippen molar-refractivity contribution in [1.29, 1.82) is 0 Å². The highest BCUT2D eigenvalue weighted by Crippen LogP contribution is 2.40. The van der Waals surface area contributed by atoms with Gasteiger partial charge in [-0.1, -0.05) is 42.0 Å². The number of ketones is 1. The van der Waals surface area contributed by atoms with Crippen molar-refractivity contribution < 1.29 is 19.6 Å². The van der Waals surface area contributed by atoms with E-state index in [2.05, 4.69) is 0 Å². The minimum Gasteiger partial charge on any atom is -0.507 e. The van der Waals surface area contributed by atoms with Crippen molar-refractivity contribution in [1.82, 2.24) is 9.80 Å². The Kier molecular flexibility index (Phi) is 5.98. The van der Waals surface area contributed by atoms with E-state index in [-0.39, 0.29) is 23.6 Å². The van der Waals surface area contributed by atoms with Gasteiger partial charge in [0, 0.05) is 30.8 Å². The molecule has 30 heavy (non-hydrogen) atoms. The third-order valence-corrected chi connectivity index (χ3v) is 5.05. The van der Waals surface area contributed by atoms with Crippen molar-refractivity contribution in [2.45, 2.75) is 13.0 Å². The van der Waals surface area contributed by atoms with E-state index in [1.807, 2.05) is 25.9 Å². The maximum Gasteiger partial charge on any atom is 0.295 e. The smallest absolute Gasteiger partial charge is 0.295 e. The van der Waals surface area contributed by atoms with Crippen LogP contribution in [0.3, 0.4) is 0 Å². The maximum atomic E-state index is 12.9. The summed E-state index contributed by atoms with van der Waals surface area (Å²) >= 11 is 0. The molecule has 1 amide bonds. The van der Waals surface area contributed by atoms with Crippen molar-refractivity contribution >= 4 is 23.1 Å². The fourth-order valence-electron chi connectivity index (χ4n) is 3.44. The van der Waals surface area contributed by atoms with Gasteiger partial charge < -0.3 is 14.9 Å². The lowest BCUT2D eigenvalue weighted by Crippen LogP contribution is -2.35. The molecule has 0 aliphatic carbocycles. The number of amides is 1. The van der Waals surface area contributed by atoms with Crippen LogP contribution in [0.1, 0.15) is 22.7 Å². The Balaban J connectivity index is 2.17. The number of aliphatic hydroxyl groups is 1. The fraction of sp³-hybridized carbons (Fsp3) is 0.273. The zero-order valence-corrected chi connectivity index (χ0v) is 17.0. The molecule has 2 aromatic rings. The number of hydrogen-bond donors (Lipinski definition) is 1. The standard InChI is InChI=1S/C22H23N3O5/c1-14-7-9-15(10-8-14)20(26)18-19(16-5-4-6-17(13-16)25(29)30)24(12-11-23(2)3)22(28)21(18)27/h4-10,13,19,26H,11-12H2,1-3H3/t19-/m1/s1. The second kappa shape index (κ2) is 8.46. The van der Waals surface area contributed by atoms with Crippen molar-refractivity contribution in [3.05, 3.63) is 80.9 Å². The lowest BCUT2D eigenvalue weighted by Gasteiger charge is -2.26. The molecule has 1 aliphatic rings. The third kappa shape index (κ3) is 4.08. The van der Waals surface area contributed by atoms with Crippen LogP contribution < -0.4 is 0 Å². The average Bonchev–Trinajstić information content (AvgIpc) is 2.97. The molecule has 8 heteroatoms. The second-order valence-electron chi connectivity index (χ2n) is 7.51. The average molecular weight is 409 g/mol. The maximum absolute atomic E-state index is 12.9. The minimum absolute atomic E-state index is 0.0666. The first-order chi connectivity index (χ1) is 14.2. The van der Waals surface area contributed by atoms with Crippen molar-refractivity contribution in [2.75, 3.05) is 27.2 Å². The normalized spacial score (nSPS) is 18.3. The Hall–Kier alpha value is -3.52. The molecule has 1 N–H and O–H groups in total. The molecule has 0 radical (unpaired) electrons. The third-order valence-electron chi connectivity index (χ3n) is 5.05. The Morgan fingerprint density at radius 2 is 1.83 bits per heavy atom. The summed E-state index contributed by atoms with van der Waals surface area (Å²) in [6.07, 6.45) is 0. The predicted octanol–water partition coefficient (Wildman–Crippen LogP) is 2.89. The van der Waals surface area contributed by atoms with Crippen LogP contribution >= 0.6 is 0 Å². The number of carbonyl (C=O) groups is 2. The number of nitro groups is 1. The van der Waals surface area contributed by atoms with Gasteiger partial charge in [-0.2, -0.15) is 0 Å². The lowest BCUT2D eigenvalue weighted by molar-refractivity contribution is -0.384. The van der Waals surface area contributed by atoms with Gasteiger partial charge in [0.15, 0.2) is 0 Å². The van der Waals surface area contributed by atoms with Crippen molar-refractivity contribution in [3.8, 4) is 0 Å². The SMILES string of the molecule is Cc1ccc(C(O)=C2C(=O)C(=O)N(CCN(C)C)[C@@H]2c2cccc([N+](=O)[O-])c2)cc1. The van der Waals surface area contributed by atoms with E-state index in [1.165, 1.54) is 23.1 Å². The second-order valence-corrected chi connectivity index (χ2v) is 7.51. The van der Waals surface area contributed by atoms with Gasteiger partial charge in [-0.25, -0.2) is 0 Å².